The highest BCUT2D eigenvalue weighted by atomic mass is 28.3. The lowest BCUT2D eigenvalue weighted by molar-refractivity contribution is -0.130. The summed E-state index contributed by atoms with van der Waals surface area (Å²) in [5.74, 6) is 0.0777. The van der Waals surface area contributed by atoms with Crippen LogP contribution in [0.15, 0.2) is 42.9 Å². The molecule has 11 heteroatoms. The number of benzene rings is 1. The summed E-state index contributed by atoms with van der Waals surface area (Å²) in [5.41, 5.74) is 1.12. The molecule has 2 aromatic heterocycles. The number of aromatic nitrogens is 3. The molecule has 1 saturated heterocycles. The number of fused-ring (bicyclic) bond motifs is 1. The Morgan fingerprint density at radius 3 is 2.65 bits per heavy atom. The van der Waals surface area contributed by atoms with Crippen molar-refractivity contribution in [2.75, 3.05) is 31.2 Å². The van der Waals surface area contributed by atoms with Crippen LogP contribution < -0.4 is 10.2 Å². The molecule has 5 rings (SSSR count). The topological polar surface area (TPSA) is 113 Å². The molecule has 40 heavy (non-hydrogen) atoms. The van der Waals surface area contributed by atoms with Gasteiger partial charge in [0.25, 0.3) is 0 Å². The summed E-state index contributed by atoms with van der Waals surface area (Å²) >= 11 is 0. The zero-order valence-electron chi connectivity index (χ0n) is 23.5. The fourth-order valence-electron chi connectivity index (χ4n) is 5.71. The molecule has 1 aliphatic heterocycles. The number of nitrogens with one attached hydrogen (secondary N) is 1. The molecule has 1 saturated carbocycles. The molecule has 3 aromatic rings. The van der Waals surface area contributed by atoms with Gasteiger partial charge in [-0.3, -0.25) is 4.79 Å². The van der Waals surface area contributed by atoms with E-state index in [2.05, 4.69) is 39.8 Å². The number of amides is 1. The average molecular weight is 570 g/mol. The lowest BCUT2D eigenvalue weighted by Gasteiger charge is -2.40. The van der Waals surface area contributed by atoms with E-state index in [0.717, 1.165) is 42.3 Å². The fraction of sp³-hybridized carbons (Fsp3) is 0.552. The summed E-state index contributed by atoms with van der Waals surface area (Å²) in [6.07, 6.45) is 4.96. The predicted octanol–water partition coefficient (Wildman–Crippen LogP) is 3.70. The van der Waals surface area contributed by atoms with Crippen molar-refractivity contribution in [3.05, 3.63) is 54.2 Å². The van der Waals surface area contributed by atoms with Crippen molar-refractivity contribution in [2.45, 2.75) is 63.8 Å². The van der Waals surface area contributed by atoms with Gasteiger partial charge in [0.05, 0.1) is 18.0 Å². The van der Waals surface area contributed by atoms with Crippen LogP contribution in [0.25, 0.3) is 11.0 Å². The third-order valence-corrected chi connectivity index (χ3v) is 10.0. The van der Waals surface area contributed by atoms with Gasteiger partial charge in [-0.05, 0) is 54.5 Å². The Kier molecular flexibility index (Phi) is 8.28. The number of nitrogens with zero attached hydrogens (tertiary/aromatic N) is 4. The maximum atomic E-state index is 13.4. The first-order valence-electron chi connectivity index (χ1n) is 14.1. The van der Waals surface area contributed by atoms with Crippen molar-refractivity contribution in [1.29, 1.82) is 0 Å². The van der Waals surface area contributed by atoms with Crippen LogP contribution in [-0.2, 0) is 16.3 Å². The van der Waals surface area contributed by atoms with Gasteiger partial charge in [-0.25, -0.2) is 14.4 Å². The molecular weight excluding hydrogens is 529 g/mol. The van der Waals surface area contributed by atoms with Crippen LogP contribution in [0, 0.1) is 17.2 Å². The summed E-state index contributed by atoms with van der Waals surface area (Å²) < 4.78 is 21.3. The van der Waals surface area contributed by atoms with E-state index in [1.807, 2.05) is 16.8 Å². The van der Waals surface area contributed by atoms with Crippen molar-refractivity contribution < 1.29 is 24.1 Å². The van der Waals surface area contributed by atoms with Gasteiger partial charge in [-0.1, -0.05) is 31.8 Å². The highest BCUT2D eigenvalue weighted by Gasteiger charge is 2.55. The normalized spacial score (nSPS) is 20.1. The molecule has 216 valence electrons. The second-order valence-electron chi connectivity index (χ2n) is 12.5. The largest absolute Gasteiger partial charge is 0.394 e. The maximum absolute atomic E-state index is 13.4. The molecule has 1 amide bonds. The molecule has 2 fully saturated rings. The van der Waals surface area contributed by atoms with E-state index in [4.69, 9.17) is 4.74 Å². The smallest absolute Gasteiger partial charge is 0.224 e. The molecule has 1 aliphatic carbocycles. The fourth-order valence-corrected chi connectivity index (χ4v) is 6.46. The lowest BCUT2D eigenvalue weighted by Crippen LogP contribution is -2.51. The van der Waals surface area contributed by atoms with Crippen molar-refractivity contribution in [2.24, 2.45) is 11.3 Å². The predicted molar refractivity (Wildman–Crippen MR) is 154 cm³/mol. The zero-order chi connectivity index (χ0) is 28.5. The molecule has 0 bridgehead atoms. The third kappa shape index (κ3) is 6.22. The van der Waals surface area contributed by atoms with Gasteiger partial charge in [0.1, 0.15) is 36.4 Å². The summed E-state index contributed by atoms with van der Waals surface area (Å²) in [7, 11) is -1.15. The van der Waals surface area contributed by atoms with E-state index in [1.54, 1.807) is 6.33 Å². The third-order valence-electron chi connectivity index (χ3n) is 8.32. The summed E-state index contributed by atoms with van der Waals surface area (Å²) in [6.45, 7) is 9.14. The molecule has 3 heterocycles. The van der Waals surface area contributed by atoms with Crippen LogP contribution in [0.1, 0.15) is 30.9 Å². The van der Waals surface area contributed by atoms with Gasteiger partial charge in [-0.15, -0.1) is 0 Å². The number of carbonyl (C=O) groups is 1. The molecular formula is C29H40FN5O4Si. The Hall–Kier alpha value is -2.86. The number of rotatable bonds is 11. The Labute approximate surface area is 235 Å². The highest BCUT2D eigenvalue weighted by molar-refractivity contribution is 6.76. The first kappa shape index (κ1) is 28.7. The zero-order valence-corrected chi connectivity index (χ0v) is 24.5. The van der Waals surface area contributed by atoms with Crippen LogP contribution in [-0.4, -0.2) is 71.1 Å². The second-order valence-corrected chi connectivity index (χ2v) is 18.1. The van der Waals surface area contributed by atoms with E-state index in [0.29, 0.717) is 31.8 Å². The lowest BCUT2D eigenvalue weighted by atomic mass is 9.81. The number of aliphatic hydroxyl groups excluding tert-OH is 2. The van der Waals surface area contributed by atoms with Crippen molar-refractivity contribution in [3.63, 3.8) is 0 Å². The minimum absolute atomic E-state index is 0.160. The van der Waals surface area contributed by atoms with Crippen LogP contribution in [0.2, 0.25) is 25.7 Å². The van der Waals surface area contributed by atoms with Crippen molar-refractivity contribution in [3.8, 4) is 0 Å². The number of hydrogen-bond donors (Lipinski definition) is 3. The van der Waals surface area contributed by atoms with Crippen LogP contribution in [0.3, 0.4) is 0 Å². The standard InChI is InChI=1S/C29H40FN5O4Si/c1-40(2,3)15-14-39-19-35-12-8-22-26(31-18-32-27(22)35)34-13-9-23(29(17-34)10-11-29)28(38)33-24(16-36)25(37)20-4-6-21(30)7-5-20/h4-8,12,18,23-25,36-37H,9-11,13-17,19H2,1-3H3,(H,33,38)/t23-,24+,25+/m1/s1. The minimum atomic E-state index is -1.15. The van der Waals surface area contributed by atoms with Crippen LogP contribution in [0.4, 0.5) is 10.2 Å². The van der Waals surface area contributed by atoms with E-state index in [9.17, 15) is 19.4 Å². The van der Waals surface area contributed by atoms with Gasteiger partial charge in [0.15, 0.2) is 0 Å². The van der Waals surface area contributed by atoms with Gasteiger partial charge in [-0.2, -0.15) is 0 Å². The number of hydrogen-bond acceptors (Lipinski definition) is 7. The van der Waals surface area contributed by atoms with Crippen LogP contribution in [0.5, 0.6) is 0 Å². The molecule has 3 N–H and O–H groups in total. The Bertz CT molecular complexity index is 1320. The Morgan fingerprint density at radius 1 is 1.23 bits per heavy atom. The minimum Gasteiger partial charge on any atom is -0.394 e. The van der Waals surface area contributed by atoms with Crippen LogP contribution >= 0.6 is 0 Å². The first-order chi connectivity index (χ1) is 19.1. The van der Waals surface area contributed by atoms with Gasteiger partial charge in [0.2, 0.25) is 5.91 Å². The van der Waals surface area contributed by atoms with E-state index in [1.165, 1.54) is 24.3 Å². The number of carbonyl (C=O) groups excluding carboxylic acids is 1. The number of ether oxygens (including phenoxy) is 1. The van der Waals surface area contributed by atoms with Gasteiger partial charge >= 0.3 is 0 Å². The number of piperidine rings is 1. The molecule has 3 atom stereocenters. The SMILES string of the molecule is C[Si](C)(C)CCOCn1ccc2c(N3CC[C@H](C(=O)N[C@@H](CO)[C@@H](O)c4ccc(F)cc4)C4(CC4)C3)ncnc21. The molecule has 0 radical (unpaired) electrons. The molecule has 2 aliphatic rings. The number of anilines is 1. The number of aliphatic hydroxyl groups is 2. The van der Waals surface area contributed by atoms with Gasteiger partial charge in [0, 0.05) is 39.9 Å². The quantitative estimate of drug-likeness (QED) is 0.238. The number of halogens is 1. The van der Waals surface area contributed by atoms with E-state index < -0.39 is 32.6 Å². The van der Waals surface area contributed by atoms with Crippen molar-refractivity contribution in [1.82, 2.24) is 19.9 Å². The summed E-state index contributed by atoms with van der Waals surface area (Å²) in [5, 5.41) is 24.5. The monoisotopic (exact) mass is 569 g/mol. The van der Waals surface area contributed by atoms with Gasteiger partial charge < -0.3 is 29.7 Å². The second kappa shape index (κ2) is 11.6. The first-order valence-corrected chi connectivity index (χ1v) is 17.8. The Morgan fingerprint density at radius 2 is 1.98 bits per heavy atom. The average Bonchev–Trinajstić information content (AvgIpc) is 3.56. The maximum Gasteiger partial charge on any atom is 0.224 e. The highest BCUT2D eigenvalue weighted by Crippen LogP contribution is 2.56. The Balaban J connectivity index is 1.24. The van der Waals surface area contributed by atoms with E-state index in [-0.39, 0.29) is 17.2 Å². The molecule has 1 aromatic carbocycles. The molecule has 0 unspecified atom stereocenters. The van der Waals surface area contributed by atoms with E-state index >= 15 is 0 Å². The summed E-state index contributed by atoms with van der Waals surface area (Å²) in [6, 6.07) is 7.71. The molecule has 1 spiro atoms. The summed E-state index contributed by atoms with van der Waals surface area (Å²) in [4.78, 5) is 24.8. The molecule has 9 nitrogen and oxygen atoms in total. The van der Waals surface area contributed by atoms with Crippen molar-refractivity contribution >= 4 is 30.8 Å².